The van der Waals surface area contributed by atoms with Crippen molar-refractivity contribution in [3.8, 4) is 0 Å². The van der Waals surface area contributed by atoms with Crippen LogP contribution in [0.3, 0.4) is 0 Å². The third-order valence-corrected chi connectivity index (χ3v) is 2.98. The summed E-state index contributed by atoms with van der Waals surface area (Å²) in [6, 6.07) is 0. The third-order valence-electron chi connectivity index (χ3n) is 2.68. The van der Waals surface area contributed by atoms with Gasteiger partial charge in [-0.3, -0.25) is 9.69 Å². The van der Waals surface area contributed by atoms with Gasteiger partial charge in [-0.25, -0.2) is 9.97 Å². The molecule has 2 rings (SSSR count). The molecule has 1 atom stereocenters. The van der Waals surface area contributed by atoms with Gasteiger partial charge in [-0.05, 0) is 11.4 Å². The van der Waals surface area contributed by atoms with Crippen molar-refractivity contribution in [3.05, 3.63) is 21.9 Å². The third kappa shape index (κ3) is 2.29. The maximum absolute atomic E-state index is 11.8. The van der Waals surface area contributed by atoms with Gasteiger partial charge in [0, 0.05) is 24.4 Å². The first kappa shape index (κ1) is 12.4. The van der Waals surface area contributed by atoms with Crippen LogP contribution in [0.1, 0.15) is 6.42 Å². The molecule has 1 aliphatic heterocycles. The smallest absolute Gasteiger partial charge is 0.228 e. The van der Waals surface area contributed by atoms with Gasteiger partial charge in [-0.2, -0.15) is 0 Å². The largest absolute Gasteiger partial charge is 0.393 e. The lowest BCUT2D eigenvalue weighted by Gasteiger charge is -2.17. The van der Waals surface area contributed by atoms with Crippen LogP contribution in [0.5, 0.6) is 0 Å². The second-order valence-electron chi connectivity index (χ2n) is 3.89. The Bertz CT molecular complexity index is 528. The summed E-state index contributed by atoms with van der Waals surface area (Å²) in [5, 5.41) is 3.58. The summed E-state index contributed by atoms with van der Waals surface area (Å²) < 4.78 is 0. The van der Waals surface area contributed by atoms with Crippen molar-refractivity contribution in [1.82, 2.24) is 9.97 Å². The fraction of sp³-hybridized carbons (Fsp3) is 0.444. The first-order valence-electron chi connectivity index (χ1n) is 5.20. The summed E-state index contributed by atoms with van der Waals surface area (Å²) >= 11 is 5.78. The van der Waals surface area contributed by atoms with Crippen LogP contribution in [-0.2, 0) is 4.79 Å². The van der Waals surface area contributed by atoms with E-state index in [1.165, 1.54) is 11.2 Å². The molecule has 0 aliphatic carbocycles. The lowest BCUT2D eigenvalue weighted by molar-refractivity contribution is -0.117. The molecule has 0 spiro atoms. The molecule has 9 heteroatoms. The van der Waals surface area contributed by atoms with Crippen LogP contribution in [0.15, 0.2) is 11.4 Å². The van der Waals surface area contributed by atoms with E-state index >= 15 is 0 Å². The maximum Gasteiger partial charge on any atom is 0.228 e. The molecule has 18 heavy (non-hydrogen) atoms. The summed E-state index contributed by atoms with van der Waals surface area (Å²) in [6.45, 7) is 0.687. The monoisotopic (exact) mass is 267 g/mol. The van der Waals surface area contributed by atoms with Crippen molar-refractivity contribution < 1.29 is 4.79 Å². The van der Waals surface area contributed by atoms with Gasteiger partial charge in [-0.15, -0.1) is 0 Å². The first-order chi connectivity index (χ1) is 8.63. The second-order valence-corrected chi connectivity index (χ2v) is 4.25. The average molecular weight is 268 g/mol. The van der Waals surface area contributed by atoms with Gasteiger partial charge in [-0.1, -0.05) is 16.7 Å². The normalized spacial score (nSPS) is 18.8. The first-order valence-corrected chi connectivity index (χ1v) is 5.58. The Balaban J connectivity index is 2.21. The molecule has 1 aliphatic rings. The number of nitrogens with zero attached hydrogens (tertiary/aromatic N) is 6. The zero-order valence-corrected chi connectivity index (χ0v) is 10.1. The molecule has 2 N–H and O–H groups in total. The van der Waals surface area contributed by atoms with Crippen molar-refractivity contribution in [3.63, 3.8) is 0 Å². The molecule has 1 aromatic heterocycles. The van der Waals surface area contributed by atoms with Crippen LogP contribution in [-0.4, -0.2) is 29.0 Å². The Labute approximate surface area is 107 Å². The van der Waals surface area contributed by atoms with Crippen LogP contribution >= 0.6 is 11.6 Å². The number of carbonyl (C=O) groups is 1. The van der Waals surface area contributed by atoms with Crippen molar-refractivity contribution >= 4 is 29.0 Å². The fourth-order valence-electron chi connectivity index (χ4n) is 1.84. The SMILES string of the molecule is [N-]=[N+]=NCC1CC(=O)N(c2ncnc(Cl)c2N)C1. The van der Waals surface area contributed by atoms with E-state index in [0.717, 1.165) is 0 Å². The maximum atomic E-state index is 11.8. The second kappa shape index (κ2) is 5.07. The molecule has 2 heterocycles. The van der Waals surface area contributed by atoms with Gasteiger partial charge < -0.3 is 5.73 Å². The van der Waals surface area contributed by atoms with E-state index in [1.54, 1.807) is 0 Å². The summed E-state index contributed by atoms with van der Waals surface area (Å²) in [5.41, 5.74) is 14.2. The van der Waals surface area contributed by atoms with Crippen LogP contribution < -0.4 is 10.6 Å². The minimum Gasteiger partial charge on any atom is -0.393 e. The van der Waals surface area contributed by atoms with Crippen LogP contribution in [0.4, 0.5) is 11.5 Å². The van der Waals surface area contributed by atoms with Gasteiger partial charge in [0.25, 0.3) is 0 Å². The van der Waals surface area contributed by atoms with Gasteiger partial charge in [0.2, 0.25) is 5.91 Å². The highest BCUT2D eigenvalue weighted by Gasteiger charge is 2.32. The molecule has 94 valence electrons. The quantitative estimate of drug-likeness (QED) is 0.385. The standard InChI is InChI=1S/C9H10ClN7O/c10-8-7(11)9(14-4-13-8)17-3-5(1-6(17)18)2-15-16-12/h4-5H,1-3,11H2. The molecule has 1 saturated heterocycles. The van der Waals surface area contributed by atoms with Crippen molar-refractivity contribution in [2.24, 2.45) is 11.0 Å². The number of nitrogens with two attached hydrogens (primary N) is 1. The van der Waals surface area contributed by atoms with Crippen molar-refractivity contribution in [1.29, 1.82) is 0 Å². The van der Waals surface area contributed by atoms with Crippen molar-refractivity contribution in [2.75, 3.05) is 23.7 Å². The minimum atomic E-state index is -0.116. The van der Waals surface area contributed by atoms with E-state index in [0.29, 0.717) is 18.8 Å². The molecule has 0 radical (unpaired) electrons. The number of aromatic nitrogens is 2. The molecular formula is C9H10ClN7O. The van der Waals surface area contributed by atoms with Crippen molar-refractivity contribution in [2.45, 2.75) is 6.42 Å². The Morgan fingerprint density at radius 1 is 1.67 bits per heavy atom. The lowest BCUT2D eigenvalue weighted by atomic mass is 10.1. The number of anilines is 2. The van der Waals surface area contributed by atoms with E-state index in [-0.39, 0.29) is 29.2 Å². The predicted octanol–water partition coefficient (Wildman–Crippen LogP) is 1.38. The van der Waals surface area contributed by atoms with E-state index < -0.39 is 0 Å². The number of hydrogen-bond donors (Lipinski definition) is 1. The Morgan fingerprint density at radius 3 is 3.17 bits per heavy atom. The molecule has 1 amide bonds. The van der Waals surface area contributed by atoms with E-state index in [4.69, 9.17) is 22.9 Å². The molecule has 0 aromatic carbocycles. The average Bonchev–Trinajstić information content (AvgIpc) is 2.71. The lowest BCUT2D eigenvalue weighted by Crippen LogP contribution is -2.27. The molecule has 8 nitrogen and oxygen atoms in total. The number of azide groups is 1. The molecule has 1 fully saturated rings. The molecule has 0 saturated carbocycles. The number of rotatable bonds is 3. The number of nitrogen functional groups attached to an aromatic ring is 1. The summed E-state index contributed by atoms with van der Waals surface area (Å²) in [6.07, 6.45) is 1.56. The number of halogens is 1. The molecule has 1 unspecified atom stereocenters. The minimum absolute atomic E-state index is 0.0264. The van der Waals surface area contributed by atoms with E-state index in [1.807, 2.05) is 0 Å². The fourth-order valence-corrected chi connectivity index (χ4v) is 1.97. The summed E-state index contributed by atoms with van der Waals surface area (Å²) in [5.74, 6) is 0.166. The summed E-state index contributed by atoms with van der Waals surface area (Å²) in [4.78, 5) is 23.7. The predicted molar refractivity (Wildman–Crippen MR) is 65.9 cm³/mol. The molecular weight excluding hydrogens is 258 g/mol. The zero-order valence-electron chi connectivity index (χ0n) is 9.32. The van der Waals surface area contributed by atoms with Gasteiger partial charge in [0.1, 0.15) is 12.0 Å². The molecule has 0 bridgehead atoms. The van der Waals surface area contributed by atoms with E-state index in [9.17, 15) is 4.79 Å². The van der Waals surface area contributed by atoms with Gasteiger partial charge >= 0.3 is 0 Å². The van der Waals surface area contributed by atoms with E-state index in [2.05, 4.69) is 20.0 Å². The van der Waals surface area contributed by atoms with Gasteiger partial charge in [0.05, 0.1) is 0 Å². The Hall–Kier alpha value is -2.05. The number of carbonyl (C=O) groups excluding carboxylic acids is 1. The topological polar surface area (TPSA) is 121 Å². The zero-order chi connectivity index (χ0) is 13.1. The Morgan fingerprint density at radius 2 is 2.44 bits per heavy atom. The van der Waals surface area contributed by atoms with Crippen LogP contribution in [0, 0.1) is 5.92 Å². The highest BCUT2D eigenvalue weighted by Crippen LogP contribution is 2.30. The molecule has 1 aromatic rings. The number of hydrogen-bond acceptors (Lipinski definition) is 5. The number of amides is 1. The van der Waals surface area contributed by atoms with Crippen LogP contribution in [0.25, 0.3) is 10.4 Å². The highest BCUT2D eigenvalue weighted by atomic mass is 35.5. The highest BCUT2D eigenvalue weighted by molar-refractivity contribution is 6.32. The Kier molecular flexibility index (Phi) is 3.50. The van der Waals surface area contributed by atoms with Gasteiger partial charge in [0.15, 0.2) is 11.0 Å². The summed E-state index contributed by atoms with van der Waals surface area (Å²) in [7, 11) is 0. The van der Waals surface area contributed by atoms with Crippen LogP contribution in [0.2, 0.25) is 5.15 Å².